The number of hydrogen-bond acceptors (Lipinski definition) is 4. The number of nitrogens with zero attached hydrogens (tertiary/aromatic N) is 1. The number of hydrogen-bond donors (Lipinski definition) is 1. The third-order valence-corrected chi connectivity index (χ3v) is 3.81. The van der Waals surface area contributed by atoms with Crippen LogP contribution in [0.1, 0.15) is 31.1 Å². The highest BCUT2D eigenvalue weighted by Gasteiger charge is 2.32. The molecule has 0 amide bonds. The summed E-state index contributed by atoms with van der Waals surface area (Å²) in [6.07, 6.45) is 4.12. The average Bonchev–Trinajstić information content (AvgIpc) is 2.79. The summed E-state index contributed by atoms with van der Waals surface area (Å²) in [5, 5.41) is 5.70. The van der Waals surface area contributed by atoms with Crippen LogP contribution >= 0.6 is 11.3 Å². The van der Waals surface area contributed by atoms with Crippen molar-refractivity contribution in [3.8, 4) is 0 Å². The Balaban J connectivity index is 1.61. The Morgan fingerprint density at radius 3 is 3.13 bits per heavy atom. The van der Waals surface area contributed by atoms with Crippen molar-refractivity contribution in [2.75, 3.05) is 13.2 Å². The van der Waals surface area contributed by atoms with E-state index in [0.717, 1.165) is 24.9 Å². The summed E-state index contributed by atoms with van der Waals surface area (Å²) in [5.41, 5.74) is 3.02. The highest BCUT2D eigenvalue weighted by molar-refractivity contribution is 7.07. The molecule has 1 aliphatic carbocycles. The van der Waals surface area contributed by atoms with Crippen molar-refractivity contribution in [3.63, 3.8) is 0 Å². The molecule has 4 heteroatoms. The second kappa shape index (κ2) is 4.20. The Morgan fingerprint density at radius 1 is 1.47 bits per heavy atom. The lowest BCUT2D eigenvalue weighted by Gasteiger charge is -2.16. The van der Waals surface area contributed by atoms with E-state index in [0.29, 0.717) is 5.92 Å². The fourth-order valence-corrected chi connectivity index (χ4v) is 2.72. The molecule has 2 unspecified atom stereocenters. The molecule has 1 N–H and O–H groups in total. The molecule has 1 aromatic heterocycles. The van der Waals surface area contributed by atoms with Crippen LogP contribution in [-0.4, -0.2) is 24.2 Å². The molecule has 0 radical (unpaired) electrons. The van der Waals surface area contributed by atoms with E-state index in [-0.39, 0.29) is 6.10 Å². The third kappa shape index (κ3) is 2.22. The van der Waals surface area contributed by atoms with Gasteiger partial charge in [0.2, 0.25) is 0 Å². The molecule has 2 atom stereocenters. The van der Waals surface area contributed by atoms with E-state index in [4.69, 9.17) is 4.74 Å². The minimum Gasteiger partial charge on any atom is -0.372 e. The summed E-state index contributed by atoms with van der Waals surface area (Å²) >= 11 is 1.65. The fraction of sp³-hybridized carbons (Fsp3) is 0.727. The topological polar surface area (TPSA) is 34.1 Å². The Labute approximate surface area is 93.9 Å². The Kier molecular flexibility index (Phi) is 2.73. The lowest BCUT2D eigenvalue weighted by molar-refractivity contribution is 0.0875. The monoisotopic (exact) mass is 224 g/mol. The molecule has 0 aromatic carbocycles. The zero-order valence-electron chi connectivity index (χ0n) is 8.69. The first-order valence-electron chi connectivity index (χ1n) is 5.66. The summed E-state index contributed by atoms with van der Waals surface area (Å²) in [7, 11) is 0. The minimum absolute atomic E-state index is 0.238. The van der Waals surface area contributed by atoms with E-state index >= 15 is 0 Å². The maximum atomic E-state index is 5.77. The van der Waals surface area contributed by atoms with Gasteiger partial charge in [-0.05, 0) is 19.3 Å². The molecule has 2 heterocycles. The third-order valence-electron chi connectivity index (χ3n) is 3.20. The van der Waals surface area contributed by atoms with Crippen molar-refractivity contribution in [2.24, 2.45) is 5.92 Å². The van der Waals surface area contributed by atoms with Gasteiger partial charge in [-0.15, -0.1) is 11.3 Å². The summed E-state index contributed by atoms with van der Waals surface area (Å²) in [5.74, 6) is 0.618. The van der Waals surface area contributed by atoms with Crippen LogP contribution in [0.3, 0.4) is 0 Å². The molecule has 1 saturated heterocycles. The zero-order chi connectivity index (χ0) is 10.1. The van der Waals surface area contributed by atoms with Crippen LogP contribution in [-0.2, 0) is 4.74 Å². The summed E-state index contributed by atoms with van der Waals surface area (Å²) in [6.45, 7) is 1.98. The highest BCUT2D eigenvalue weighted by Crippen LogP contribution is 2.34. The molecule has 1 saturated carbocycles. The number of aromatic nitrogens is 1. The maximum absolute atomic E-state index is 5.77. The molecule has 3 nitrogen and oxygen atoms in total. The average molecular weight is 224 g/mol. The van der Waals surface area contributed by atoms with Crippen molar-refractivity contribution >= 4 is 11.3 Å². The quantitative estimate of drug-likeness (QED) is 0.849. The number of ether oxygens (including phenoxy) is 1. The van der Waals surface area contributed by atoms with E-state index in [1.54, 1.807) is 11.3 Å². The predicted octanol–water partition coefficient (Wildman–Crippen LogP) is 1.97. The molecule has 0 spiro atoms. The van der Waals surface area contributed by atoms with Crippen LogP contribution in [0.15, 0.2) is 10.9 Å². The lowest BCUT2D eigenvalue weighted by Crippen LogP contribution is -2.26. The van der Waals surface area contributed by atoms with E-state index in [1.165, 1.54) is 19.3 Å². The molecular weight excluding hydrogens is 208 g/mol. The van der Waals surface area contributed by atoms with Gasteiger partial charge in [0.05, 0.1) is 11.2 Å². The Morgan fingerprint density at radius 2 is 2.40 bits per heavy atom. The Hall–Kier alpha value is -0.450. The molecule has 2 fully saturated rings. The first-order valence-corrected chi connectivity index (χ1v) is 6.61. The van der Waals surface area contributed by atoms with Crippen LogP contribution in [0.25, 0.3) is 0 Å². The maximum Gasteiger partial charge on any atom is 0.104 e. The van der Waals surface area contributed by atoms with Gasteiger partial charge in [-0.25, -0.2) is 4.98 Å². The van der Waals surface area contributed by atoms with Gasteiger partial charge in [0.1, 0.15) is 6.10 Å². The number of rotatable bonds is 4. The lowest BCUT2D eigenvalue weighted by atomic mass is 9.99. The van der Waals surface area contributed by atoms with Gasteiger partial charge in [-0.2, -0.15) is 0 Å². The fourth-order valence-electron chi connectivity index (χ4n) is 2.14. The molecule has 82 valence electrons. The largest absolute Gasteiger partial charge is 0.372 e. The smallest absolute Gasteiger partial charge is 0.104 e. The summed E-state index contributed by atoms with van der Waals surface area (Å²) in [4.78, 5) is 4.36. The Bertz CT molecular complexity index is 310. The van der Waals surface area contributed by atoms with Crippen molar-refractivity contribution in [1.29, 1.82) is 0 Å². The molecule has 15 heavy (non-hydrogen) atoms. The molecule has 0 bridgehead atoms. The molecule has 1 aromatic rings. The standard InChI is InChI=1S/C11H16N2OS/c1-2-9(1)12-5-8-3-4-14-11(8)10-6-15-7-13-10/h6-9,11-12H,1-5H2. The predicted molar refractivity (Wildman–Crippen MR) is 59.9 cm³/mol. The number of thiazole rings is 1. The second-order valence-electron chi connectivity index (χ2n) is 4.44. The molecule has 1 aliphatic heterocycles. The van der Waals surface area contributed by atoms with Crippen molar-refractivity contribution in [3.05, 3.63) is 16.6 Å². The van der Waals surface area contributed by atoms with Gasteiger partial charge in [0, 0.05) is 30.5 Å². The van der Waals surface area contributed by atoms with Gasteiger partial charge >= 0.3 is 0 Å². The second-order valence-corrected chi connectivity index (χ2v) is 5.15. The van der Waals surface area contributed by atoms with Crippen LogP contribution in [0.2, 0.25) is 0 Å². The van der Waals surface area contributed by atoms with Crippen molar-refractivity contribution in [2.45, 2.75) is 31.4 Å². The van der Waals surface area contributed by atoms with Crippen LogP contribution in [0, 0.1) is 5.92 Å². The minimum atomic E-state index is 0.238. The van der Waals surface area contributed by atoms with Gasteiger partial charge in [0.25, 0.3) is 0 Å². The van der Waals surface area contributed by atoms with Gasteiger partial charge < -0.3 is 10.1 Å². The van der Waals surface area contributed by atoms with Crippen molar-refractivity contribution < 1.29 is 4.74 Å². The molecule has 3 rings (SSSR count). The molecule has 2 aliphatic rings. The van der Waals surface area contributed by atoms with E-state index in [2.05, 4.69) is 15.7 Å². The van der Waals surface area contributed by atoms with E-state index < -0.39 is 0 Å². The molecular formula is C11H16N2OS. The summed E-state index contributed by atoms with van der Waals surface area (Å²) < 4.78 is 5.77. The van der Waals surface area contributed by atoms with Crippen molar-refractivity contribution in [1.82, 2.24) is 10.3 Å². The van der Waals surface area contributed by atoms with Crippen LogP contribution < -0.4 is 5.32 Å². The SMILES string of the molecule is c1nc(C2OCCC2CNC2CC2)cs1. The van der Waals surface area contributed by atoms with Gasteiger partial charge in [-0.3, -0.25) is 0 Å². The zero-order valence-corrected chi connectivity index (χ0v) is 9.50. The van der Waals surface area contributed by atoms with Gasteiger partial charge in [0.15, 0.2) is 0 Å². The first-order chi connectivity index (χ1) is 7.43. The number of nitrogens with one attached hydrogen (secondary N) is 1. The summed E-state index contributed by atoms with van der Waals surface area (Å²) in [6, 6.07) is 0.793. The first kappa shape index (κ1) is 9.75. The van der Waals surface area contributed by atoms with Crippen LogP contribution in [0.5, 0.6) is 0 Å². The normalized spacial score (nSPS) is 30.9. The van der Waals surface area contributed by atoms with E-state index in [9.17, 15) is 0 Å². The highest BCUT2D eigenvalue weighted by atomic mass is 32.1. The van der Waals surface area contributed by atoms with Gasteiger partial charge in [-0.1, -0.05) is 0 Å². The van der Waals surface area contributed by atoms with E-state index in [1.807, 2.05) is 5.51 Å². The van der Waals surface area contributed by atoms with Crippen LogP contribution in [0.4, 0.5) is 0 Å².